The van der Waals surface area contributed by atoms with Crippen LogP contribution in [-0.4, -0.2) is 41.8 Å². The number of rotatable bonds is 5. The van der Waals surface area contributed by atoms with Crippen molar-refractivity contribution < 1.29 is 9.53 Å². The highest BCUT2D eigenvalue weighted by molar-refractivity contribution is 7.99. The van der Waals surface area contributed by atoms with E-state index >= 15 is 0 Å². The lowest BCUT2D eigenvalue weighted by Gasteiger charge is -2.40. The Labute approximate surface area is 158 Å². The third-order valence-electron chi connectivity index (χ3n) is 5.14. The van der Waals surface area contributed by atoms with E-state index in [0.717, 1.165) is 0 Å². The molecule has 1 heterocycles. The summed E-state index contributed by atoms with van der Waals surface area (Å²) in [6.45, 7) is 11.1. The van der Waals surface area contributed by atoms with Crippen LogP contribution in [0.3, 0.4) is 0 Å². The molecule has 2 aliphatic rings. The van der Waals surface area contributed by atoms with Crippen molar-refractivity contribution in [1.29, 1.82) is 0 Å². The van der Waals surface area contributed by atoms with Gasteiger partial charge in [-0.1, -0.05) is 33.1 Å². The molecule has 1 saturated carbocycles. The van der Waals surface area contributed by atoms with Crippen LogP contribution in [0, 0.1) is 11.3 Å². The molecular formula is C20H38N2O2S. The van der Waals surface area contributed by atoms with Crippen LogP contribution in [0.1, 0.15) is 73.1 Å². The third-order valence-corrected chi connectivity index (χ3v) is 6.77. The van der Waals surface area contributed by atoms with E-state index in [4.69, 9.17) is 4.74 Å². The van der Waals surface area contributed by atoms with E-state index in [1.54, 1.807) is 0 Å². The number of thioether (sulfide) groups is 1. The van der Waals surface area contributed by atoms with Gasteiger partial charge >= 0.3 is 6.09 Å². The van der Waals surface area contributed by atoms with Crippen LogP contribution >= 0.6 is 11.8 Å². The van der Waals surface area contributed by atoms with Crippen molar-refractivity contribution in [2.45, 2.75) is 90.8 Å². The normalized spacial score (nSPS) is 26.0. The van der Waals surface area contributed by atoms with Crippen LogP contribution in [0.2, 0.25) is 0 Å². The number of alkyl carbamates (subject to hydrolysis) is 1. The Balaban J connectivity index is 1.92. The summed E-state index contributed by atoms with van der Waals surface area (Å²) in [5.74, 6) is 3.09. The second kappa shape index (κ2) is 8.98. The number of ether oxygens (including phenoxy) is 1. The highest BCUT2D eigenvalue weighted by Crippen LogP contribution is 2.34. The van der Waals surface area contributed by atoms with Crippen molar-refractivity contribution >= 4 is 17.9 Å². The van der Waals surface area contributed by atoms with Gasteiger partial charge in [0.1, 0.15) is 5.60 Å². The summed E-state index contributed by atoms with van der Waals surface area (Å²) in [6, 6.07) is 0.897. The van der Waals surface area contributed by atoms with E-state index in [2.05, 4.69) is 36.2 Å². The van der Waals surface area contributed by atoms with Gasteiger partial charge in [-0.05, 0) is 57.1 Å². The minimum atomic E-state index is -0.443. The van der Waals surface area contributed by atoms with Gasteiger partial charge in [-0.3, -0.25) is 0 Å². The summed E-state index contributed by atoms with van der Waals surface area (Å²) < 4.78 is 5.42. The van der Waals surface area contributed by atoms with Gasteiger partial charge in [-0.15, -0.1) is 0 Å². The molecule has 2 fully saturated rings. The van der Waals surface area contributed by atoms with Gasteiger partial charge in [0.25, 0.3) is 0 Å². The van der Waals surface area contributed by atoms with E-state index in [9.17, 15) is 4.79 Å². The Morgan fingerprint density at radius 1 is 1.24 bits per heavy atom. The number of amides is 1. The second-order valence-electron chi connectivity index (χ2n) is 9.63. The smallest absolute Gasteiger partial charge is 0.407 e. The number of hydrogen-bond acceptors (Lipinski definition) is 4. The second-order valence-corrected chi connectivity index (χ2v) is 10.7. The molecule has 146 valence electrons. The Morgan fingerprint density at radius 3 is 2.52 bits per heavy atom. The topological polar surface area (TPSA) is 50.4 Å². The monoisotopic (exact) mass is 370 g/mol. The quantitative estimate of drug-likeness (QED) is 0.744. The molecule has 4 nitrogen and oxygen atoms in total. The summed E-state index contributed by atoms with van der Waals surface area (Å²) in [5, 5.41) is 6.92. The van der Waals surface area contributed by atoms with Gasteiger partial charge in [-0.2, -0.15) is 11.8 Å². The number of carbonyl (C=O) groups excluding carboxylic acids is 1. The molecule has 2 unspecified atom stereocenters. The fourth-order valence-corrected chi connectivity index (χ4v) is 5.36. The Morgan fingerprint density at radius 2 is 1.92 bits per heavy atom. The van der Waals surface area contributed by atoms with Gasteiger partial charge in [0, 0.05) is 24.4 Å². The highest BCUT2D eigenvalue weighted by atomic mass is 32.2. The van der Waals surface area contributed by atoms with Gasteiger partial charge < -0.3 is 15.4 Å². The minimum absolute atomic E-state index is 0.298. The predicted octanol–water partition coefficient (Wildman–Crippen LogP) is 4.58. The van der Waals surface area contributed by atoms with E-state index < -0.39 is 5.60 Å². The van der Waals surface area contributed by atoms with E-state index in [1.807, 2.05) is 20.8 Å². The fourth-order valence-electron chi connectivity index (χ4n) is 4.08. The molecule has 1 saturated heterocycles. The zero-order valence-electron chi connectivity index (χ0n) is 16.8. The maximum absolute atomic E-state index is 12.1. The molecule has 1 aliphatic heterocycles. The van der Waals surface area contributed by atoms with Crippen molar-refractivity contribution in [2.75, 3.05) is 18.1 Å². The number of nitrogens with one attached hydrogen (secondary N) is 2. The predicted molar refractivity (Wildman–Crippen MR) is 107 cm³/mol. The minimum Gasteiger partial charge on any atom is -0.444 e. The molecule has 0 aromatic carbocycles. The molecule has 25 heavy (non-hydrogen) atoms. The summed E-state index contributed by atoms with van der Waals surface area (Å²) in [5.41, 5.74) is -0.0435. The van der Waals surface area contributed by atoms with Gasteiger partial charge in [0.05, 0.1) is 0 Å². The molecule has 0 aromatic rings. The van der Waals surface area contributed by atoms with Crippen LogP contribution in [-0.2, 0) is 4.74 Å². The number of carbonyl (C=O) groups is 1. The molecule has 0 bridgehead atoms. The van der Waals surface area contributed by atoms with Crippen LogP contribution in [0.5, 0.6) is 0 Å². The first-order valence-electron chi connectivity index (χ1n) is 9.95. The summed E-state index contributed by atoms with van der Waals surface area (Å²) >= 11 is 2.06. The molecule has 2 N–H and O–H groups in total. The lowest BCUT2D eigenvalue weighted by Crippen LogP contribution is -2.53. The molecule has 2 atom stereocenters. The van der Waals surface area contributed by atoms with Gasteiger partial charge in [0.2, 0.25) is 0 Å². The molecule has 5 heteroatoms. The molecule has 1 amide bonds. The third kappa shape index (κ3) is 7.78. The largest absolute Gasteiger partial charge is 0.444 e. The van der Waals surface area contributed by atoms with Gasteiger partial charge in [-0.25, -0.2) is 4.79 Å². The van der Waals surface area contributed by atoms with E-state index in [0.29, 0.717) is 30.0 Å². The van der Waals surface area contributed by atoms with Crippen molar-refractivity contribution in [3.8, 4) is 0 Å². The first-order chi connectivity index (χ1) is 11.6. The zero-order chi connectivity index (χ0) is 18.5. The average molecular weight is 371 g/mol. The van der Waals surface area contributed by atoms with Crippen molar-refractivity contribution in [2.24, 2.45) is 11.3 Å². The van der Waals surface area contributed by atoms with E-state index in [-0.39, 0.29) is 6.09 Å². The maximum Gasteiger partial charge on any atom is 0.407 e. The summed E-state index contributed by atoms with van der Waals surface area (Å²) in [6.07, 6.45) is 7.47. The molecule has 0 radical (unpaired) electrons. The lowest BCUT2D eigenvalue weighted by molar-refractivity contribution is 0.0513. The molecule has 0 aromatic heterocycles. The molecular weight excluding hydrogens is 332 g/mol. The van der Waals surface area contributed by atoms with Crippen LogP contribution in [0.15, 0.2) is 0 Å². The van der Waals surface area contributed by atoms with Crippen LogP contribution < -0.4 is 10.6 Å². The SMILES string of the molecule is CC1(C)CSCC(NC(CNC(=O)OC(C)(C)C)C2CCCCC2)C1. The van der Waals surface area contributed by atoms with Crippen LogP contribution in [0.25, 0.3) is 0 Å². The Bertz CT molecular complexity index is 428. The zero-order valence-corrected chi connectivity index (χ0v) is 17.6. The standard InChI is InChI=1S/C20H38N2O2S/c1-19(2,3)24-18(23)21-12-17(15-9-7-6-8-10-15)22-16-11-20(4,5)14-25-13-16/h15-17,22H,6-14H2,1-5H3,(H,21,23). The number of hydrogen-bond donors (Lipinski definition) is 2. The average Bonchev–Trinajstić information content (AvgIpc) is 2.49. The molecule has 1 aliphatic carbocycles. The van der Waals surface area contributed by atoms with Crippen molar-refractivity contribution in [1.82, 2.24) is 10.6 Å². The first-order valence-corrected chi connectivity index (χ1v) is 11.1. The highest BCUT2D eigenvalue weighted by Gasteiger charge is 2.32. The summed E-state index contributed by atoms with van der Waals surface area (Å²) in [4.78, 5) is 12.1. The van der Waals surface area contributed by atoms with Crippen molar-refractivity contribution in [3.05, 3.63) is 0 Å². The maximum atomic E-state index is 12.1. The van der Waals surface area contributed by atoms with Crippen LogP contribution in [0.4, 0.5) is 4.79 Å². The summed E-state index contributed by atoms with van der Waals surface area (Å²) in [7, 11) is 0. The molecule has 2 rings (SSSR count). The van der Waals surface area contributed by atoms with Gasteiger partial charge in [0.15, 0.2) is 0 Å². The molecule has 0 spiro atoms. The Hall–Kier alpha value is -0.420. The first kappa shape index (κ1) is 20.9. The van der Waals surface area contributed by atoms with E-state index in [1.165, 1.54) is 50.0 Å². The van der Waals surface area contributed by atoms with Crippen molar-refractivity contribution in [3.63, 3.8) is 0 Å². The Kier molecular flexibility index (Phi) is 7.51. The lowest BCUT2D eigenvalue weighted by atomic mass is 9.82. The fraction of sp³-hybridized carbons (Fsp3) is 0.950.